The molecule has 4 nitrogen and oxygen atoms in total. The van der Waals surface area contributed by atoms with Crippen molar-refractivity contribution >= 4 is 11.8 Å². The predicted octanol–water partition coefficient (Wildman–Crippen LogP) is 3.41. The van der Waals surface area contributed by atoms with Gasteiger partial charge < -0.3 is 9.64 Å². The average Bonchev–Trinajstić information content (AvgIpc) is 2.83. The number of hydrogen-bond acceptors (Lipinski definition) is 3. The smallest absolute Gasteiger partial charge is 0.412 e. The van der Waals surface area contributed by atoms with Crippen LogP contribution >= 0.6 is 0 Å². The number of amides is 1. The van der Waals surface area contributed by atoms with Crippen LogP contribution in [0.25, 0.3) is 0 Å². The minimum Gasteiger partial charge on any atom is -0.444 e. The number of carbonyl (C=O) groups is 1. The first-order chi connectivity index (χ1) is 10.1. The molecule has 3 rings (SSSR count). The molecule has 1 fully saturated rings. The number of carbonyl (C=O) groups excluding carboxylic acids is 1. The Morgan fingerprint density at radius 3 is 2.73 bits per heavy atom. The van der Waals surface area contributed by atoms with Crippen LogP contribution < -0.4 is 4.90 Å². The number of anilines is 1. The number of benzene rings is 1. The van der Waals surface area contributed by atoms with Gasteiger partial charge in [0.25, 0.3) is 0 Å². The summed E-state index contributed by atoms with van der Waals surface area (Å²) in [5, 5.41) is 0. The monoisotopic (exact) mass is 310 g/mol. The highest BCUT2D eigenvalue weighted by Gasteiger charge is 2.59. The standard InChI is InChI=1S/C16H20F2N2O2/c1-15(2,3)22-14(21)20-8-7-16(18)11-6-5-10(17)9-12(11)19(4)13(16)20/h5-6,9,13H,7-8H2,1-4H3/t13-,16+/m0/s1. The van der Waals surface area contributed by atoms with E-state index in [9.17, 15) is 9.18 Å². The molecule has 1 amide bonds. The molecule has 0 unspecified atom stereocenters. The second-order valence-electron chi connectivity index (χ2n) is 6.93. The van der Waals surface area contributed by atoms with Gasteiger partial charge in [-0.15, -0.1) is 0 Å². The molecule has 2 atom stereocenters. The lowest BCUT2D eigenvalue weighted by molar-refractivity contribution is 0.0139. The highest BCUT2D eigenvalue weighted by molar-refractivity contribution is 5.73. The van der Waals surface area contributed by atoms with Gasteiger partial charge >= 0.3 is 6.09 Å². The van der Waals surface area contributed by atoms with E-state index in [0.29, 0.717) is 11.3 Å². The minimum atomic E-state index is -1.69. The first-order valence-corrected chi connectivity index (χ1v) is 7.35. The van der Waals surface area contributed by atoms with Crippen LogP contribution in [-0.2, 0) is 10.4 Å². The molecule has 0 spiro atoms. The molecule has 120 valence electrons. The van der Waals surface area contributed by atoms with Crippen LogP contribution in [0.1, 0.15) is 32.8 Å². The average molecular weight is 310 g/mol. The SMILES string of the molecule is CN1c2cc(F)ccc2[C@]2(F)CCN(C(=O)OC(C)(C)C)[C@H]12. The van der Waals surface area contributed by atoms with E-state index in [1.807, 2.05) is 0 Å². The van der Waals surface area contributed by atoms with Crippen molar-refractivity contribution in [1.29, 1.82) is 0 Å². The molecule has 1 aromatic carbocycles. The normalized spacial score (nSPS) is 26.9. The maximum absolute atomic E-state index is 15.5. The maximum atomic E-state index is 15.5. The van der Waals surface area contributed by atoms with Crippen molar-refractivity contribution in [3.05, 3.63) is 29.6 Å². The van der Waals surface area contributed by atoms with Crippen LogP contribution in [-0.4, -0.2) is 36.4 Å². The van der Waals surface area contributed by atoms with E-state index in [0.717, 1.165) is 0 Å². The number of halogens is 2. The topological polar surface area (TPSA) is 32.8 Å². The van der Waals surface area contributed by atoms with Crippen LogP contribution in [0.15, 0.2) is 18.2 Å². The van der Waals surface area contributed by atoms with Gasteiger partial charge in [0.15, 0.2) is 5.67 Å². The van der Waals surface area contributed by atoms with E-state index in [-0.39, 0.29) is 13.0 Å². The molecule has 2 aliphatic rings. The first-order valence-electron chi connectivity index (χ1n) is 7.35. The van der Waals surface area contributed by atoms with Gasteiger partial charge in [0.1, 0.15) is 17.6 Å². The molecule has 0 bridgehead atoms. The third-order valence-electron chi connectivity index (χ3n) is 4.20. The van der Waals surface area contributed by atoms with Crippen LogP contribution in [0.3, 0.4) is 0 Å². The van der Waals surface area contributed by atoms with Crippen LogP contribution in [0.4, 0.5) is 19.3 Å². The fraction of sp³-hybridized carbons (Fsp3) is 0.562. The molecule has 6 heteroatoms. The Kier molecular flexibility index (Phi) is 3.13. The van der Waals surface area contributed by atoms with E-state index in [1.165, 1.54) is 23.1 Å². The fourth-order valence-electron chi connectivity index (χ4n) is 3.36. The van der Waals surface area contributed by atoms with Crippen molar-refractivity contribution in [2.45, 2.75) is 44.6 Å². The van der Waals surface area contributed by atoms with E-state index in [2.05, 4.69) is 0 Å². The third-order valence-corrected chi connectivity index (χ3v) is 4.20. The second-order valence-corrected chi connectivity index (χ2v) is 6.93. The van der Waals surface area contributed by atoms with E-state index < -0.39 is 29.3 Å². The van der Waals surface area contributed by atoms with Gasteiger partial charge in [-0.05, 0) is 32.9 Å². The van der Waals surface area contributed by atoms with Crippen molar-refractivity contribution in [3.63, 3.8) is 0 Å². The lowest BCUT2D eigenvalue weighted by Crippen LogP contribution is -2.50. The van der Waals surface area contributed by atoms with Crippen LogP contribution in [0.2, 0.25) is 0 Å². The quantitative estimate of drug-likeness (QED) is 0.736. The van der Waals surface area contributed by atoms with Crippen molar-refractivity contribution in [2.24, 2.45) is 0 Å². The van der Waals surface area contributed by atoms with Crippen molar-refractivity contribution in [2.75, 3.05) is 18.5 Å². The lowest BCUT2D eigenvalue weighted by Gasteiger charge is -2.33. The predicted molar refractivity (Wildman–Crippen MR) is 78.9 cm³/mol. The maximum Gasteiger partial charge on any atom is 0.412 e. The number of hydrogen-bond donors (Lipinski definition) is 0. The summed E-state index contributed by atoms with van der Waals surface area (Å²) in [7, 11) is 1.67. The molecule has 0 radical (unpaired) electrons. The van der Waals surface area contributed by atoms with Gasteiger partial charge in [-0.25, -0.2) is 13.6 Å². The first kappa shape index (κ1) is 15.1. The summed E-state index contributed by atoms with van der Waals surface area (Å²) in [4.78, 5) is 15.4. The Morgan fingerprint density at radius 1 is 1.41 bits per heavy atom. The van der Waals surface area contributed by atoms with Gasteiger partial charge in [-0.2, -0.15) is 0 Å². The number of ether oxygens (including phenoxy) is 1. The molecule has 22 heavy (non-hydrogen) atoms. The van der Waals surface area contributed by atoms with E-state index in [4.69, 9.17) is 4.74 Å². The van der Waals surface area contributed by atoms with Crippen LogP contribution in [0.5, 0.6) is 0 Å². The van der Waals surface area contributed by atoms with E-state index >= 15 is 4.39 Å². The minimum absolute atomic E-state index is 0.180. The Morgan fingerprint density at radius 2 is 2.09 bits per heavy atom. The number of rotatable bonds is 0. The molecular formula is C16H20F2N2O2. The third kappa shape index (κ3) is 2.12. The molecule has 0 N–H and O–H groups in total. The number of fused-ring (bicyclic) bond motifs is 3. The van der Waals surface area contributed by atoms with E-state index in [1.54, 1.807) is 32.7 Å². The van der Waals surface area contributed by atoms with Gasteiger partial charge in [0.05, 0.1) is 0 Å². The number of alkyl halides is 1. The summed E-state index contributed by atoms with van der Waals surface area (Å²) in [6.07, 6.45) is -1.16. The van der Waals surface area contributed by atoms with Gasteiger partial charge in [0.2, 0.25) is 0 Å². The number of likely N-dealkylation sites (tertiary alicyclic amines) is 1. The lowest BCUT2D eigenvalue weighted by atomic mass is 9.95. The van der Waals surface area contributed by atoms with Gasteiger partial charge in [-0.1, -0.05) is 6.07 Å². The zero-order valence-electron chi connectivity index (χ0n) is 13.2. The zero-order chi connectivity index (χ0) is 16.3. The summed E-state index contributed by atoms with van der Waals surface area (Å²) >= 11 is 0. The fourth-order valence-corrected chi connectivity index (χ4v) is 3.36. The summed E-state index contributed by atoms with van der Waals surface area (Å²) < 4.78 is 34.3. The second kappa shape index (κ2) is 4.57. The van der Waals surface area contributed by atoms with Crippen molar-refractivity contribution in [3.8, 4) is 0 Å². The summed E-state index contributed by atoms with van der Waals surface area (Å²) in [5.41, 5.74) is -1.41. The van der Waals surface area contributed by atoms with Gasteiger partial charge in [0, 0.05) is 31.3 Å². The van der Waals surface area contributed by atoms with Crippen LogP contribution in [0, 0.1) is 5.82 Å². The highest BCUT2D eigenvalue weighted by Crippen LogP contribution is 2.52. The molecular weight excluding hydrogens is 290 g/mol. The summed E-state index contributed by atoms with van der Waals surface area (Å²) in [6, 6.07) is 4.04. The summed E-state index contributed by atoms with van der Waals surface area (Å²) in [5.74, 6) is -0.419. The number of nitrogens with zero attached hydrogens (tertiary/aromatic N) is 2. The molecule has 2 aliphatic heterocycles. The molecule has 0 aliphatic carbocycles. The molecule has 2 heterocycles. The number of likely N-dealkylation sites (N-methyl/N-ethyl adjacent to an activating group) is 1. The van der Waals surface area contributed by atoms with Crippen molar-refractivity contribution < 1.29 is 18.3 Å². The Bertz CT molecular complexity index is 629. The zero-order valence-corrected chi connectivity index (χ0v) is 13.2. The molecule has 0 saturated carbocycles. The molecule has 1 saturated heterocycles. The Balaban J connectivity index is 1.95. The molecule has 1 aromatic rings. The van der Waals surface area contributed by atoms with Gasteiger partial charge in [-0.3, -0.25) is 4.90 Å². The summed E-state index contributed by atoms with van der Waals surface area (Å²) in [6.45, 7) is 5.59. The highest BCUT2D eigenvalue weighted by atomic mass is 19.1. The van der Waals surface area contributed by atoms with Crippen molar-refractivity contribution in [1.82, 2.24) is 4.90 Å². The molecule has 0 aromatic heterocycles. The Hall–Kier alpha value is -1.85. The largest absolute Gasteiger partial charge is 0.444 e. The Labute approximate surface area is 128 Å².